The van der Waals surface area contributed by atoms with Gasteiger partial charge >= 0.3 is 0 Å². The van der Waals surface area contributed by atoms with Crippen molar-refractivity contribution in [1.29, 1.82) is 0 Å². The third-order valence-corrected chi connectivity index (χ3v) is 3.68. The van der Waals surface area contributed by atoms with Crippen molar-refractivity contribution in [3.05, 3.63) is 0 Å². The summed E-state index contributed by atoms with van der Waals surface area (Å²) in [6.07, 6.45) is 5.37. The van der Waals surface area contributed by atoms with Gasteiger partial charge < -0.3 is 11.1 Å². The Morgan fingerprint density at radius 1 is 1.23 bits per heavy atom. The lowest BCUT2D eigenvalue weighted by molar-refractivity contribution is 0.00204. The van der Waals surface area contributed by atoms with Crippen molar-refractivity contribution in [2.24, 2.45) is 5.73 Å². The minimum Gasteiger partial charge on any atom is -0.330 e. The first kappa shape index (κ1) is 9.44. The first-order valence-corrected chi connectivity index (χ1v) is 5.53. The van der Waals surface area contributed by atoms with E-state index in [9.17, 15) is 0 Å². The molecule has 0 spiro atoms. The number of nitrogens with one attached hydrogen (secondary N) is 1. The number of nitrogens with two attached hydrogens (primary N) is 1. The Morgan fingerprint density at radius 2 is 1.92 bits per heavy atom. The molecule has 2 aliphatic rings. The largest absolute Gasteiger partial charge is 0.330 e. The van der Waals surface area contributed by atoms with Crippen LogP contribution in [0.1, 0.15) is 25.7 Å². The van der Waals surface area contributed by atoms with Crippen molar-refractivity contribution >= 4 is 0 Å². The summed E-state index contributed by atoms with van der Waals surface area (Å²) in [4.78, 5) is 2.67. The lowest BCUT2D eigenvalue weighted by Crippen LogP contribution is -2.60. The van der Waals surface area contributed by atoms with Gasteiger partial charge in [-0.25, -0.2) is 0 Å². The molecule has 3 nitrogen and oxygen atoms in total. The minimum atomic E-state index is 0.511. The SMILES string of the molecule is NCCC1(N2CCNCC2)CCC1. The molecule has 0 bridgehead atoms. The quantitative estimate of drug-likeness (QED) is 0.655. The summed E-state index contributed by atoms with van der Waals surface area (Å²) in [6.45, 7) is 5.61. The van der Waals surface area contributed by atoms with Gasteiger partial charge in [0.2, 0.25) is 0 Å². The van der Waals surface area contributed by atoms with Crippen molar-refractivity contribution in [3.8, 4) is 0 Å². The highest BCUT2D eigenvalue weighted by Gasteiger charge is 2.41. The molecule has 2 rings (SSSR count). The Morgan fingerprint density at radius 3 is 2.38 bits per heavy atom. The van der Waals surface area contributed by atoms with E-state index in [0.29, 0.717) is 5.54 Å². The van der Waals surface area contributed by atoms with Gasteiger partial charge in [0.05, 0.1) is 0 Å². The van der Waals surface area contributed by atoms with Crippen LogP contribution in [0.2, 0.25) is 0 Å². The van der Waals surface area contributed by atoms with E-state index in [0.717, 1.165) is 19.6 Å². The summed E-state index contributed by atoms with van der Waals surface area (Å²) >= 11 is 0. The third-order valence-electron chi connectivity index (χ3n) is 3.68. The molecule has 76 valence electrons. The van der Waals surface area contributed by atoms with Gasteiger partial charge in [0.1, 0.15) is 0 Å². The maximum atomic E-state index is 5.69. The fourth-order valence-corrected chi connectivity index (χ4v) is 2.72. The van der Waals surface area contributed by atoms with Crippen LogP contribution in [0, 0.1) is 0 Å². The fourth-order valence-electron chi connectivity index (χ4n) is 2.72. The van der Waals surface area contributed by atoms with Crippen LogP contribution in [-0.4, -0.2) is 43.2 Å². The standard InChI is InChI=1S/C10H21N3/c11-5-4-10(2-1-3-10)13-8-6-12-7-9-13/h12H,1-9,11H2. The number of piperazine rings is 1. The third kappa shape index (κ3) is 1.73. The summed E-state index contributed by atoms with van der Waals surface area (Å²) in [5, 5.41) is 3.40. The molecule has 13 heavy (non-hydrogen) atoms. The van der Waals surface area contributed by atoms with E-state index in [2.05, 4.69) is 10.2 Å². The molecule has 1 saturated heterocycles. The van der Waals surface area contributed by atoms with Crippen LogP contribution in [0.25, 0.3) is 0 Å². The number of hydrogen-bond donors (Lipinski definition) is 2. The van der Waals surface area contributed by atoms with Crippen LogP contribution in [0.15, 0.2) is 0 Å². The molecule has 0 radical (unpaired) electrons. The summed E-state index contributed by atoms with van der Waals surface area (Å²) in [5.41, 5.74) is 6.20. The summed E-state index contributed by atoms with van der Waals surface area (Å²) < 4.78 is 0. The molecule has 1 saturated carbocycles. The van der Waals surface area contributed by atoms with Crippen molar-refractivity contribution in [2.45, 2.75) is 31.2 Å². The van der Waals surface area contributed by atoms with E-state index < -0.39 is 0 Å². The predicted octanol–water partition coefficient (Wildman–Crippen LogP) is 0.163. The Kier molecular flexibility index (Phi) is 2.86. The van der Waals surface area contributed by atoms with E-state index >= 15 is 0 Å². The first-order valence-electron chi connectivity index (χ1n) is 5.53. The second-order valence-corrected chi connectivity index (χ2v) is 4.35. The lowest BCUT2D eigenvalue weighted by Gasteiger charge is -2.52. The Hall–Kier alpha value is -0.120. The number of nitrogens with zero attached hydrogens (tertiary/aromatic N) is 1. The monoisotopic (exact) mass is 183 g/mol. The zero-order valence-corrected chi connectivity index (χ0v) is 8.39. The highest BCUT2D eigenvalue weighted by Crippen LogP contribution is 2.40. The summed E-state index contributed by atoms with van der Waals surface area (Å²) in [5.74, 6) is 0. The fraction of sp³-hybridized carbons (Fsp3) is 1.00. The van der Waals surface area contributed by atoms with Gasteiger partial charge in [-0.3, -0.25) is 4.90 Å². The number of rotatable bonds is 3. The molecular formula is C10H21N3. The second-order valence-electron chi connectivity index (χ2n) is 4.35. The highest BCUT2D eigenvalue weighted by atomic mass is 15.2. The van der Waals surface area contributed by atoms with Crippen LogP contribution in [0.4, 0.5) is 0 Å². The van der Waals surface area contributed by atoms with Gasteiger partial charge in [-0.1, -0.05) is 0 Å². The molecule has 2 fully saturated rings. The van der Waals surface area contributed by atoms with Crippen molar-refractivity contribution in [2.75, 3.05) is 32.7 Å². The summed E-state index contributed by atoms with van der Waals surface area (Å²) in [7, 11) is 0. The molecule has 0 aromatic rings. The molecular weight excluding hydrogens is 162 g/mol. The smallest absolute Gasteiger partial charge is 0.0222 e. The first-order chi connectivity index (χ1) is 6.37. The molecule has 0 aromatic carbocycles. The normalized spacial score (nSPS) is 28.4. The molecule has 3 N–H and O–H groups in total. The van der Waals surface area contributed by atoms with E-state index in [1.54, 1.807) is 0 Å². The molecule has 0 amide bonds. The van der Waals surface area contributed by atoms with Gasteiger partial charge in [0.25, 0.3) is 0 Å². The molecule has 1 heterocycles. The van der Waals surface area contributed by atoms with E-state index in [1.807, 2.05) is 0 Å². The molecule has 0 atom stereocenters. The molecule has 0 aromatic heterocycles. The molecule has 3 heteroatoms. The maximum absolute atomic E-state index is 5.69. The second kappa shape index (κ2) is 3.95. The van der Waals surface area contributed by atoms with Gasteiger partial charge in [0.15, 0.2) is 0 Å². The molecule has 0 unspecified atom stereocenters. The average Bonchev–Trinajstić information content (AvgIpc) is 2.13. The Bertz CT molecular complexity index is 160. The van der Waals surface area contributed by atoms with Crippen molar-refractivity contribution < 1.29 is 0 Å². The van der Waals surface area contributed by atoms with Crippen LogP contribution in [0.5, 0.6) is 0 Å². The Balaban J connectivity index is 1.93. The number of hydrogen-bond acceptors (Lipinski definition) is 3. The van der Waals surface area contributed by atoms with Crippen molar-refractivity contribution in [1.82, 2.24) is 10.2 Å². The van der Waals surface area contributed by atoms with Crippen LogP contribution < -0.4 is 11.1 Å². The summed E-state index contributed by atoms with van der Waals surface area (Å²) in [6, 6.07) is 0. The van der Waals surface area contributed by atoms with E-state index in [1.165, 1.54) is 38.8 Å². The van der Waals surface area contributed by atoms with Crippen LogP contribution in [-0.2, 0) is 0 Å². The van der Waals surface area contributed by atoms with E-state index in [-0.39, 0.29) is 0 Å². The predicted molar refractivity (Wildman–Crippen MR) is 54.7 cm³/mol. The van der Waals surface area contributed by atoms with E-state index in [4.69, 9.17) is 5.73 Å². The zero-order valence-electron chi connectivity index (χ0n) is 8.39. The topological polar surface area (TPSA) is 41.3 Å². The molecule has 1 aliphatic heterocycles. The zero-order chi connectivity index (χ0) is 9.15. The van der Waals surface area contributed by atoms with Gasteiger partial charge in [-0.05, 0) is 32.2 Å². The van der Waals surface area contributed by atoms with Crippen LogP contribution >= 0.6 is 0 Å². The van der Waals surface area contributed by atoms with Gasteiger partial charge in [0, 0.05) is 31.7 Å². The lowest BCUT2D eigenvalue weighted by atomic mass is 9.72. The maximum Gasteiger partial charge on any atom is 0.0222 e. The van der Waals surface area contributed by atoms with Crippen LogP contribution in [0.3, 0.4) is 0 Å². The minimum absolute atomic E-state index is 0.511. The van der Waals surface area contributed by atoms with Crippen molar-refractivity contribution in [3.63, 3.8) is 0 Å². The Labute approximate surface area is 80.7 Å². The average molecular weight is 183 g/mol. The molecule has 1 aliphatic carbocycles. The van der Waals surface area contributed by atoms with Gasteiger partial charge in [-0.2, -0.15) is 0 Å². The van der Waals surface area contributed by atoms with Gasteiger partial charge in [-0.15, -0.1) is 0 Å². The highest BCUT2D eigenvalue weighted by molar-refractivity contribution is 4.99.